The van der Waals surface area contributed by atoms with Crippen molar-refractivity contribution in [1.29, 1.82) is 0 Å². The lowest BCUT2D eigenvalue weighted by molar-refractivity contribution is -0.118. The van der Waals surface area contributed by atoms with E-state index >= 15 is 0 Å². The number of esters is 1. The quantitative estimate of drug-likeness (QED) is 0.339. The lowest BCUT2D eigenvalue weighted by atomic mass is 10.0. The fraction of sp³-hybridized carbons (Fsp3) is 0.217. The third-order valence-electron chi connectivity index (χ3n) is 4.45. The fourth-order valence-corrected chi connectivity index (χ4v) is 4.66. The van der Waals surface area contributed by atoms with Crippen LogP contribution in [0.5, 0.6) is 5.75 Å². The van der Waals surface area contributed by atoms with Crippen LogP contribution in [0.3, 0.4) is 0 Å². The fourth-order valence-electron chi connectivity index (χ4n) is 2.89. The Hall–Kier alpha value is -2.35. The third kappa shape index (κ3) is 5.87. The highest BCUT2D eigenvalue weighted by Gasteiger charge is 2.23. The van der Waals surface area contributed by atoms with Gasteiger partial charge in [-0.1, -0.05) is 42.8 Å². The van der Waals surface area contributed by atoms with Gasteiger partial charge in [0.15, 0.2) is 6.61 Å². The molecule has 5 nitrogen and oxygen atoms in total. The molecule has 0 saturated heterocycles. The maximum absolute atomic E-state index is 12.7. The molecule has 0 bridgehead atoms. The summed E-state index contributed by atoms with van der Waals surface area (Å²) in [5.74, 6) is -0.370. The number of thiophene rings is 1. The summed E-state index contributed by atoms with van der Waals surface area (Å²) >= 11 is 10.5. The summed E-state index contributed by atoms with van der Waals surface area (Å²) < 4.78 is 11.4. The molecule has 3 rings (SSSR count). The third-order valence-corrected chi connectivity index (χ3v) is 6.20. The van der Waals surface area contributed by atoms with Crippen molar-refractivity contribution in [3.05, 3.63) is 68.5 Å². The molecule has 0 unspecified atom stereocenters. The lowest BCUT2D eigenvalue weighted by Crippen LogP contribution is -2.21. The Bertz CT molecular complexity index is 1080. The van der Waals surface area contributed by atoms with Gasteiger partial charge in [0.25, 0.3) is 5.91 Å². The van der Waals surface area contributed by atoms with Crippen molar-refractivity contribution >= 4 is 55.7 Å². The van der Waals surface area contributed by atoms with E-state index in [2.05, 4.69) is 28.2 Å². The van der Waals surface area contributed by atoms with E-state index in [4.69, 9.17) is 21.1 Å². The number of rotatable bonds is 8. The second-order valence-corrected chi connectivity index (χ2v) is 8.71. The van der Waals surface area contributed by atoms with Crippen molar-refractivity contribution in [2.75, 3.05) is 18.5 Å². The van der Waals surface area contributed by atoms with Gasteiger partial charge in [-0.3, -0.25) is 4.79 Å². The Morgan fingerprint density at radius 1 is 1.13 bits per heavy atom. The summed E-state index contributed by atoms with van der Waals surface area (Å²) in [5, 5.41) is 5.61. The van der Waals surface area contributed by atoms with Gasteiger partial charge in [-0.15, -0.1) is 11.3 Å². The number of carbonyl (C=O) groups excluding carboxylic acids is 2. The van der Waals surface area contributed by atoms with E-state index in [-0.39, 0.29) is 19.1 Å². The SMILES string of the molecule is CCOC(=O)c1c(-c2ccc(CC)cc2)csc1NC(=O)COc1ccc(Cl)cc1Br. The molecular weight excluding hydrogens is 502 g/mol. The molecule has 8 heteroatoms. The minimum absolute atomic E-state index is 0.221. The van der Waals surface area contributed by atoms with Crippen LogP contribution in [-0.2, 0) is 16.0 Å². The Balaban J connectivity index is 1.80. The molecule has 1 N–H and O–H groups in total. The van der Waals surface area contributed by atoms with E-state index in [0.717, 1.165) is 17.5 Å². The van der Waals surface area contributed by atoms with Crippen LogP contribution in [0.15, 0.2) is 52.3 Å². The van der Waals surface area contributed by atoms with Gasteiger partial charge in [-0.05, 0) is 58.6 Å². The van der Waals surface area contributed by atoms with Crippen LogP contribution in [0.25, 0.3) is 11.1 Å². The molecule has 0 saturated carbocycles. The van der Waals surface area contributed by atoms with Crippen LogP contribution in [0, 0.1) is 0 Å². The number of anilines is 1. The van der Waals surface area contributed by atoms with Crippen molar-refractivity contribution in [2.24, 2.45) is 0 Å². The standard InChI is InChI=1S/C23H21BrClNO4S/c1-3-14-5-7-15(8-6-14)17-13-31-22(21(17)23(28)29-4-2)26-20(27)12-30-19-10-9-16(25)11-18(19)24/h5-11,13H,3-4,12H2,1-2H3,(H,26,27). The predicted octanol–water partition coefficient (Wildman–Crippen LogP) is 6.59. The van der Waals surface area contributed by atoms with E-state index in [1.807, 2.05) is 29.6 Å². The van der Waals surface area contributed by atoms with E-state index < -0.39 is 5.97 Å². The zero-order valence-electron chi connectivity index (χ0n) is 17.0. The first-order valence-electron chi connectivity index (χ1n) is 9.68. The van der Waals surface area contributed by atoms with E-state index in [1.54, 1.807) is 25.1 Å². The maximum atomic E-state index is 12.7. The molecule has 162 valence electrons. The first-order chi connectivity index (χ1) is 14.9. The van der Waals surface area contributed by atoms with Crippen LogP contribution in [0.2, 0.25) is 5.02 Å². The number of halogens is 2. The molecule has 1 amide bonds. The average molecular weight is 523 g/mol. The zero-order chi connectivity index (χ0) is 22.4. The highest BCUT2D eigenvalue weighted by molar-refractivity contribution is 9.10. The largest absolute Gasteiger partial charge is 0.483 e. The van der Waals surface area contributed by atoms with Gasteiger partial charge < -0.3 is 14.8 Å². The van der Waals surface area contributed by atoms with E-state index in [9.17, 15) is 9.59 Å². The monoisotopic (exact) mass is 521 g/mol. The first-order valence-corrected chi connectivity index (χ1v) is 11.7. The normalized spacial score (nSPS) is 10.6. The zero-order valence-corrected chi connectivity index (χ0v) is 20.2. The predicted molar refractivity (Wildman–Crippen MR) is 128 cm³/mol. The van der Waals surface area contributed by atoms with Crippen molar-refractivity contribution in [2.45, 2.75) is 20.3 Å². The minimum atomic E-state index is -0.477. The number of hydrogen-bond donors (Lipinski definition) is 1. The van der Waals surface area contributed by atoms with Gasteiger partial charge in [0.05, 0.1) is 11.1 Å². The number of aryl methyl sites for hydroxylation is 1. The topological polar surface area (TPSA) is 64.6 Å². The van der Waals surface area contributed by atoms with Crippen molar-refractivity contribution < 1.29 is 19.1 Å². The molecule has 0 radical (unpaired) electrons. The summed E-state index contributed by atoms with van der Waals surface area (Å²) in [5.41, 5.74) is 3.16. The van der Waals surface area contributed by atoms with Crippen LogP contribution in [0.1, 0.15) is 29.8 Å². The van der Waals surface area contributed by atoms with Crippen molar-refractivity contribution in [3.8, 4) is 16.9 Å². The molecule has 0 aliphatic rings. The lowest BCUT2D eigenvalue weighted by Gasteiger charge is -2.11. The molecule has 0 atom stereocenters. The molecule has 0 spiro atoms. The summed E-state index contributed by atoms with van der Waals surface area (Å²) in [6, 6.07) is 13.0. The Kier molecular flexibility index (Phi) is 8.12. The molecule has 0 fully saturated rings. The van der Waals surface area contributed by atoms with Crippen LogP contribution in [0.4, 0.5) is 5.00 Å². The van der Waals surface area contributed by atoms with Gasteiger partial charge in [-0.2, -0.15) is 0 Å². The number of amides is 1. The van der Waals surface area contributed by atoms with Gasteiger partial charge >= 0.3 is 5.97 Å². The maximum Gasteiger partial charge on any atom is 0.341 e. The van der Waals surface area contributed by atoms with Gasteiger partial charge in [-0.25, -0.2) is 4.79 Å². The molecule has 3 aromatic rings. The van der Waals surface area contributed by atoms with Gasteiger partial charge in [0.2, 0.25) is 0 Å². The molecule has 31 heavy (non-hydrogen) atoms. The summed E-state index contributed by atoms with van der Waals surface area (Å²) in [4.78, 5) is 25.2. The second kappa shape index (κ2) is 10.8. The molecule has 0 aliphatic heterocycles. The van der Waals surface area contributed by atoms with E-state index in [0.29, 0.717) is 25.8 Å². The summed E-state index contributed by atoms with van der Waals surface area (Å²) in [6.07, 6.45) is 0.930. The number of hydrogen-bond acceptors (Lipinski definition) is 5. The molecule has 0 aliphatic carbocycles. The number of benzene rings is 2. The molecule has 1 heterocycles. The van der Waals surface area contributed by atoms with Crippen LogP contribution >= 0.6 is 38.9 Å². The number of ether oxygens (including phenoxy) is 2. The molecular formula is C23H21BrClNO4S. The Morgan fingerprint density at radius 3 is 2.52 bits per heavy atom. The van der Waals surface area contributed by atoms with E-state index in [1.165, 1.54) is 16.9 Å². The highest BCUT2D eigenvalue weighted by atomic mass is 79.9. The Morgan fingerprint density at radius 2 is 1.87 bits per heavy atom. The summed E-state index contributed by atoms with van der Waals surface area (Å²) in [6.45, 7) is 3.85. The second-order valence-electron chi connectivity index (χ2n) is 6.54. The minimum Gasteiger partial charge on any atom is -0.483 e. The van der Waals surface area contributed by atoms with Crippen LogP contribution in [-0.4, -0.2) is 25.1 Å². The number of carbonyl (C=O) groups is 2. The van der Waals surface area contributed by atoms with Crippen LogP contribution < -0.4 is 10.1 Å². The molecule has 1 aromatic heterocycles. The molecule has 2 aromatic carbocycles. The van der Waals surface area contributed by atoms with Gasteiger partial charge in [0.1, 0.15) is 16.3 Å². The highest BCUT2D eigenvalue weighted by Crippen LogP contribution is 2.36. The summed E-state index contributed by atoms with van der Waals surface area (Å²) in [7, 11) is 0. The van der Waals surface area contributed by atoms with Crippen molar-refractivity contribution in [3.63, 3.8) is 0 Å². The number of nitrogens with one attached hydrogen (secondary N) is 1. The van der Waals surface area contributed by atoms with Crippen molar-refractivity contribution in [1.82, 2.24) is 0 Å². The smallest absolute Gasteiger partial charge is 0.341 e. The average Bonchev–Trinajstić information content (AvgIpc) is 3.17. The Labute approximate surface area is 198 Å². The van der Waals surface area contributed by atoms with Gasteiger partial charge in [0, 0.05) is 16.0 Å². The first kappa shape index (κ1) is 23.3.